The number of likely N-dealkylation sites (N-methyl/N-ethyl adjacent to an activating group) is 1. The maximum absolute atomic E-state index is 13.5. The maximum atomic E-state index is 13.5. The van der Waals surface area contributed by atoms with E-state index in [2.05, 4.69) is 0 Å². The van der Waals surface area contributed by atoms with Crippen LogP contribution in [0.3, 0.4) is 0 Å². The molecule has 0 radical (unpaired) electrons. The summed E-state index contributed by atoms with van der Waals surface area (Å²) in [6, 6.07) is 2.05. The lowest BCUT2D eigenvalue weighted by atomic mass is 9.90. The summed E-state index contributed by atoms with van der Waals surface area (Å²) in [6.07, 6.45) is 0.386. The van der Waals surface area contributed by atoms with Gasteiger partial charge in [0.2, 0.25) is 6.41 Å². The van der Waals surface area contributed by atoms with E-state index in [1.54, 1.807) is 6.92 Å². The lowest BCUT2D eigenvalue weighted by Gasteiger charge is -2.35. The zero-order valence-electron chi connectivity index (χ0n) is 10.3. The van der Waals surface area contributed by atoms with E-state index in [1.165, 1.54) is 6.92 Å². The first kappa shape index (κ1) is 15.7. The van der Waals surface area contributed by atoms with Gasteiger partial charge in [-0.15, -0.1) is 0 Å². The fourth-order valence-corrected chi connectivity index (χ4v) is 2.35. The van der Waals surface area contributed by atoms with E-state index in [4.69, 9.17) is 23.2 Å². The predicted octanol–water partition coefficient (Wildman–Crippen LogP) is 2.91. The van der Waals surface area contributed by atoms with Crippen molar-refractivity contribution in [1.29, 1.82) is 0 Å². The van der Waals surface area contributed by atoms with Gasteiger partial charge >= 0.3 is 5.97 Å². The van der Waals surface area contributed by atoms with E-state index >= 15 is 0 Å². The molecule has 19 heavy (non-hydrogen) atoms. The molecule has 0 saturated heterocycles. The monoisotopic (exact) mass is 307 g/mol. The van der Waals surface area contributed by atoms with Gasteiger partial charge in [-0.2, -0.15) is 0 Å². The first-order chi connectivity index (χ1) is 8.78. The molecule has 1 unspecified atom stereocenters. The van der Waals surface area contributed by atoms with Crippen LogP contribution in [0, 0.1) is 5.82 Å². The van der Waals surface area contributed by atoms with Gasteiger partial charge in [-0.3, -0.25) is 4.79 Å². The van der Waals surface area contributed by atoms with Crippen molar-refractivity contribution in [2.75, 3.05) is 6.54 Å². The third-order valence-electron chi connectivity index (χ3n) is 2.99. The van der Waals surface area contributed by atoms with Crippen molar-refractivity contribution in [2.45, 2.75) is 19.4 Å². The van der Waals surface area contributed by atoms with Crippen LogP contribution in [0.5, 0.6) is 0 Å². The smallest absolute Gasteiger partial charge is 0.334 e. The molecule has 7 heteroatoms. The molecule has 0 heterocycles. The summed E-state index contributed by atoms with van der Waals surface area (Å²) in [4.78, 5) is 23.6. The Balaban J connectivity index is 3.55. The Morgan fingerprint density at radius 1 is 1.47 bits per heavy atom. The van der Waals surface area contributed by atoms with Gasteiger partial charge < -0.3 is 10.0 Å². The molecule has 1 rings (SSSR count). The molecule has 1 aromatic carbocycles. The highest BCUT2D eigenvalue weighted by molar-refractivity contribution is 6.35. The molecule has 104 valence electrons. The number of amides is 1. The van der Waals surface area contributed by atoms with Gasteiger partial charge in [-0.05, 0) is 26.0 Å². The SMILES string of the molecule is CCN(C=O)C(C)(C(=O)O)c1cc(F)c(Cl)cc1Cl. The minimum atomic E-state index is -1.76. The standard InChI is InChI=1S/C12H12Cl2FNO3/c1-3-16(6-17)12(2,11(18)19)7-4-10(15)9(14)5-8(7)13/h4-6H,3H2,1-2H3,(H,18,19). The second-order valence-corrected chi connectivity index (χ2v) is 4.83. The van der Waals surface area contributed by atoms with Gasteiger partial charge in [0.1, 0.15) is 5.82 Å². The lowest BCUT2D eigenvalue weighted by Crippen LogP contribution is -2.49. The van der Waals surface area contributed by atoms with Crippen LogP contribution in [-0.4, -0.2) is 28.9 Å². The van der Waals surface area contributed by atoms with Crippen molar-refractivity contribution in [3.8, 4) is 0 Å². The number of hydrogen-bond acceptors (Lipinski definition) is 2. The summed E-state index contributed by atoms with van der Waals surface area (Å²) < 4.78 is 13.5. The van der Waals surface area contributed by atoms with Crippen molar-refractivity contribution >= 4 is 35.6 Å². The van der Waals surface area contributed by atoms with E-state index < -0.39 is 17.3 Å². The second kappa shape index (κ2) is 5.75. The van der Waals surface area contributed by atoms with Crippen LogP contribution in [0.2, 0.25) is 10.0 Å². The molecule has 4 nitrogen and oxygen atoms in total. The number of nitrogens with zero attached hydrogens (tertiary/aromatic N) is 1. The number of carbonyl (C=O) groups is 2. The number of aliphatic carboxylic acids is 1. The van der Waals surface area contributed by atoms with E-state index in [9.17, 15) is 19.1 Å². The maximum Gasteiger partial charge on any atom is 0.334 e. The Morgan fingerprint density at radius 2 is 2.05 bits per heavy atom. The minimum Gasteiger partial charge on any atom is -0.479 e. The highest BCUT2D eigenvalue weighted by Gasteiger charge is 2.42. The van der Waals surface area contributed by atoms with Gasteiger partial charge in [0, 0.05) is 17.1 Å². The summed E-state index contributed by atoms with van der Waals surface area (Å²) in [7, 11) is 0. The van der Waals surface area contributed by atoms with Crippen LogP contribution in [0.4, 0.5) is 4.39 Å². The third-order valence-corrected chi connectivity index (χ3v) is 3.60. The molecule has 0 aliphatic rings. The normalized spacial score (nSPS) is 13.7. The highest BCUT2D eigenvalue weighted by atomic mass is 35.5. The zero-order chi connectivity index (χ0) is 14.8. The molecule has 1 N–H and O–H groups in total. The van der Waals surface area contributed by atoms with Crippen LogP contribution in [0.1, 0.15) is 19.4 Å². The fourth-order valence-electron chi connectivity index (χ4n) is 1.78. The molecule has 0 aliphatic carbocycles. The van der Waals surface area contributed by atoms with Crippen LogP contribution in [-0.2, 0) is 15.1 Å². The molecule has 0 bridgehead atoms. The topological polar surface area (TPSA) is 57.6 Å². The van der Waals surface area contributed by atoms with Crippen molar-refractivity contribution in [2.24, 2.45) is 0 Å². The summed E-state index contributed by atoms with van der Waals surface area (Å²) in [5, 5.41) is 9.16. The van der Waals surface area contributed by atoms with Gasteiger partial charge in [0.15, 0.2) is 5.54 Å². The molecular formula is C12H12Cl2FNO3. The molecular weight excluding hydrogens is 296 g/mol. The quantitative estimate of drug-likeness (QED) is 0.672. The number of rotatable bonds is 5. The van der Waals surface area contributed by atoms with Crippen LogP contribution in [0.25, 0.3) is 0 Å². The number of carboxylic acids is 1. The predicted molar refractivity (Wildman–Crippen MR) is 69.9 cm³/mol. The average Bonchev–Trinajstić information content (AvgIpc) is 2.34. The molecule has 0 aromatic heterocycles. The first-order valence-electron chi connectivity index (χ1n) is 5.39. The number of carboxylic acid groups (broad SMARTS) is 1. The van der Waals surface area contributed by atoms with E-state index in [0.717, 1.165) is 17.0 Å². The summed E-state index contributed by atoms with van der Waals surface area (Å²) in [5.41, 5.74) is -1.79. The van der Waals surface area contributed by atoms with Crippen molar-refractivity contribution in [1.82, 2.24) is 4.90 Å². The van der Waals surface area contributed by atoms with Crippen molar-refractivity contribution in [3.63, 3.8) is 0 Å². The molecule has 0 fully saturated rings. The largest absolute Gasteiger partial charge is 0.479 e. The molecule has 0 spiro atoms. The van der Waals surface area contributed by atoms with Crippen molar-refractivity contribution in [3.05, 3.63) is 33.6 Å². The van der Waals surface area contributed by atoms with Gasteiger partial charge in [0.25, 0.3) is 0 Å². The molecule has 0 saturated carbocycles. The van der Waals surface area contributed by atoms with Gasteiger partial charge in [0.05, 0.1) is 5.02 Å². The summed E-state index contributed by atoms with van der Waals surface area (Å²) >= 11 is 11.5. The van der Waals surface area contributed by atoms with E-state index in [1.807, 2.05) is 0 Å². The summed E-state index contributed by atoms with van der Waals surface area (Å²) in [5.74, 6) is -2.11. The molecule has 0 aliphatic heterocycles. The molecule has 1 amide bonds. The third kappa shape index (κ3) is 2.67. The highest BCUT2D eigenvalue weighted by Crippen LogP contribution is 2.35. The van der Waals surface area contributed by atoms with Gasteiger partial charge in [-0.25, -0.2) is 9.18 Å². The Morgan fingerprint density at radius 3 is 2.47 bits per heavy atom. The fraction of sp³-hybridized carbons (Fsp3) is 0.333. The Bertz CT molecular complexity index is 524. The zero-order valence-corrected chi connectivity index (χ0v) is 11.8. The molecule has 1 aromatic rings. The van der Waals surface area contributed by atoms with E-state index in [-0.39, 0.29) is 22.2 Å². The van der Waals surface area contributed by atoms with E-state index in [0.29, 0.717) is 6.41 Å². The van der Waals surface area contributed by atoms with Gasteiger partial charge in [-0.1, -0.05) is 23.2 Å². The Labute approximate surface area is 119 Å². The average molecular weight is 308 g/mol. The van der Waals surface area contributed by atoms with Crippen LogP contribution < -0.4 is 0 Å². The number of hydrogen-bond donors (Lipinski definition) is 1. The number of halogens is 3. The molecule has 1 atom stereocenters. The second-order valence-electron chi connectivity index (χ2n) is 4.01. The van der Waals surface area contributed by atoms with Crippen LogP contribution >= 0.6 is 23.2 Å². The Kier molecular flexibility index (Phi) is 4.76. The lowest BCUT2D eigenvalue weighted by molar-refractivity contribution is -0.154. The number of carbonyl (C=O) groups excluding carboxylic acids is 1. The summed E-state index contributed by atoms with van der Waals surface area (Å²) in [6.45, 7) is 3.02. The first-order valence-corrected chi connectivity index (χ1v) is 6.15. The minimum absolute atomic E-state index is 0.0170. The Hall–Kier alpha value is -1.33. The van der Waals surface area contributed by atoms with Crippen LogP contribution in [0.15, 0.2) is 12.1 Å². The number of benzene rings is 1. The van der Waals surface area contributed by atoms with Crippen molar-refractivity contribution < 1.29 is 19.1 Å².